The third kappa shape index (κ3) is 2990000. The van der Waals surface area contributed by atoms with Crippen molar-refractivity contribution in [1.82, 2.24) is 0 Å². The maximum absolute atomic E-state index is 8.33. The monoisotopic (exact) mass is 296 g/mol. The second kappa shape index (κ2) is 121. The smallest absolute Gasteiger partial charge is 1.00 e. The van der Waals surface area contributed by atoms with Crippen LogP contribution in [0.1, 0.15) is 0 Å². The van der Waals surface area contributed by atoms with E-state index in [9.17, 15) is 0 Å². The largest absolute Gasteiger partial charge is 3.00 e. The number of carbonyl (C=O) groups excluding carboxylic acids is 1. The number of carbonyl (C=O) groups is 1. The molecular formula is CH12BrCoN5O4-5. The van der Waals surface area contributed by atoms with E-state index in [1.807, 2.05) is 0 Å². The first-order valence-electron chi connectivity index (χ1n) is 0.612. The summed E-state index contributed by atoms with van der Waals surface area (Å²) in [4.78, 5) is 8.33. The van der Waals surface area contributed by atoms with Crippen LogP contribution in [0.25, 0.3) is 30.8 Å². The molecule has 0 saturated carbocycles. The molecule has 12 heavy (non-hydrogen) atoms. The van der Waals surface area contributed by atoms with Gasteiger partial charge in [0.15, 0.2) is 0 Å². The van der Waals surface area contributed by atoms with Crippen molar-refractivity contribution in [2.75, 3.05) is 0 Å². The van der Waals surface area contributed by atoms with Crippen LogP contribution >= 0.6 is 0 Å². The molecule has 0 aromatic rings. The molecule has 0 aliphatic rings. The molecule has 0 radical (unpaired) electrons. The van der Waals surface area contributed by atoms with Gasteiger partial charge < -0.3 is 68.2 Å². The predicted octanol–water partition coefficient (Wildman–Crippen LogP) is -2.68. The van der Waals surface area contributed by atoms with Gasteiger partial charge in [0, 0.05) is 0 Å². The van der Waals surface area contributed by atoms with Crippen molar-refractivity contribution in [2.24, 2.45) is 0 Å². The summed E-state index contributed by atoms with van der Waals surface area (Å²) in [5.41, 5.74) is 0. The van der Waals surface area contributed by atoms with Crippen molar-refractivity contribution >= 4 is 6.16 Å². The zero-order valence-corrected chi connectivity index (χ0v) is 8.45. The Bertz CT molecular complexity index is 46.4. The summed E-state index contributed by atoms with van der Waals surface area (Å²) in [6.45, 7) is 0. The Labute approximate surface area is 91.5 Å². The van der Waals surface area contributed by atoms with Gasteiger partial charge in [0.1, 0.15) is 0 Å². The quantitative estimate of drug-likeness (QED) is 0.462. The molecule has 12 N–H and O–H groups in total. The molecule has 0 aliphatic carbocycles. The molecule has 0 bridgehead atoms. The minimum atomic E-state index is -2.33. The normalized spacial score (nSPS) is 2.00. The van der Waals surface area contributed by atoms with E-state index in [1.54, 1.807) is 0 Å². The summed E-state index contributed by atoms with van der Waals surface area (Å²) in [5.74, 6) is 0. The number of halogens is 1. The molecule has 9 nitrogen and oxygen atoms in total. The predicted molar refractivity (Wildman–Crippen MR) is 35.4 cm³/mol. The summed E-state index contributed by atoms with van der Waals surface area (Å²) in [6.07, 6.45) is -2.33. The van der Waals surface area contributed by atoms with Crippen LogP contribution in [0, 0.1) is 0 Å². The Morgan fingerprint density at radius 1 is 0.833 bits per heavy atom. The summed E-state index contributed by atoms with van der Waals surface area (Å²) in [6, 6.07) is 0. The second-order valence-electron chi connectivity index (χ2n) is 0.250. The van der Waals surface area contributed by atoms with E-state index in [2.05, 4.69) is 0 Å². The van der Waals surface area contributed by atoms with Crippen molar-refractivity contribution < 1.29 is 54.2 Å². The fourth-order valence-corrected chi connectivity index (χ4v) is 0. The molecule has 0 saturated heterocycles. The van der Waals surface area contributed by atoms with E-state index in [1.165, 1.54) is 0 Å². The van der Waals surface area contributed by atoms with Gasteiger partial charge in [-0.2, -0.15) is 0 Å². The van der Waals surface area contributed by atoms with E-state index in [4.69, 9.17) is 15.0 Å². The molecule has 0 aromatic carbocycles. The Morgan fingerprint density at radius 3 is 0.833 bits per heavy atom. The Kier molecular flexibility index (Phi) is 1620. The van der Waals surface area contributed by atoms with Crippen LogP contribution in [0.15, 0.2) is 0 Å². The van der Waals surface area contributed by atoms with Gasteiger partial charge in [-0.1, -0.05) is 0 Å². The van der Waals surface area contributed by atoms with Crippen LogP contribution in [0.4, 0.5) is 4.79 Å². The second-order valence-corrected chi connectivity index (χ2v) is 0.250. The first-order valence-corrected chi connectivity index (χ1v) is 0.612. The third-order valence-corrected chi connectivity index (χ3v) is 0. The average molecular weight is 297 g/mol. The number of carboxylic acid groups (broad SMARTS) is 2. The molecule has 0 heterocycles. The van der Waals surface area contributed by atoms with Crippen LogP contribution in [-0.2, 0) is 16.8 Å². The van der Waals surface area contributed by atoms with Gasteiger partial charge in [0.05, 0.1) is 0 Å². The van der Waals surface area contributed by atoms with Crippen molar-refractivity contribution in [3.63, 3.8) is 0 Å². The molecule has 86 valence electrons. The maximum Gasteiger partial charge on any atom is 3.00 e. The fraction of sp³-hybridized carbons (Fsp3) is 0. The zero-order valence-electron chi connectivity index (χ0n) is 5.82. The van der Waals surface area contributed by atoms with E-state index in [-0.39, 0.29) is 70.0 Å². The number of nitrogens with two attached hydrogens (primary N) is 5. The van der Waals surface area contributed by atoms with Gasteiger partial charge in [0.25, 0.3) is 0 Å². The van der Waals surface area contributed by atoms with Crippen LogP contribution in [-0.4, -0.2) is 11.6 Å². The molecule has 0 aliphatic heterocycles. The first-order chi connectivity index (χ1) is 1.73. The summed E-state index contributed by atoms with van der Waals surface area (Å²) >= 11 is 0. The zero-order chi connectivity index (χ0) is 3.58. The molecule has 0 unspecified atom stereocenters. The molecule has 0 amide bonds. The van der Waals surface area contributed by atoms with Crippen LogP contribution in [0.2, 0.25) is 0 Å². The number of hydrogen-bond acceptors (Lipinski definition) is 3. The fourth-order valence-electron chi connectivity index (χ4n) is 0. The van der Waals surface area contributed by atoms with Gasteiger partial charge in [-0.05, 0) is 6.16 Å². The van der Waals surface area contributed by atoms with Gasteiger partial charge in [0.2, 0.25) is 0 Å². The molecule has 0 fully saturated rings. The molecule has 0 atom stereocenters. The van der Waals surface area contributed by atoms with Crippen molar-refractivity contribution in [2.45, 2.75) is 0 Å². The van der Waals surface area contributed by atoms with Crippen molar-refractivity contribution in [3.05, 3.63) is 30.8 Å². The van der Waals surface area contributed by atoms with E-state index in [0.717, 1.165) is 0 Å². The van der Waals surface area contributed by atoms with E-state index in [0.29, 0.717) is 0 Å². The molecular weight excluding hydrogens is 285 g/mol. The van der Waals surface area contributed by atoms with Gasteiger partial charge in [-0.3, -0.25) is 0 Å². The minimum absolute atomic E-state index is 0. The summed E-state index contributed by atoms with van der Waals surface area (Å²) in [5, 5.41) is 16.7. The summed E-state index contributed by atoms with van der Waals surface area (Å²) < 4.78 is 0. The third-order valence-electron chi connectivity index (χ3n) is 0. The van der Waals surface area contributed by atoms with Gasteiger partial charge >= 0.3 is 16.8 Å². The number of hydrogen-bond donors (Lipinski definition) is 0. The molecule has 0 rings (SSSR count). The van der Waals surface area contributed by atoms with Crippen LogP contribution < -0.4 is 27.2 Å². The number of rotatable bonds is 0. The molecule has 0 aromatic heterocycles. The first kappa shape index (κ1) is 160. The van der Waals surface area contributed by atoms with Crippen molar-refractivity contribution in [3.8, 4) is 0 Å². The minimum Gasteiger partial charge on any atom is -1.00 e. The molecule has 11 heteroatoms. The van der Waals surface area contributed by atoms with Crippen LogP contribution in [0.5, 0.6) is 0 Å². The van der Waals surface area contributed by atoms with Crippen molar-refractivity contribution in [1.29, 1.82) is 0 Å². The Hall–Kier alpha value is 0.0165. The summed E-state index contributed by atoms with van der Waals surface area (Å²) in [7, 11) is 0. The van der Waals surface area contributed by atoms with Gasteiger partial charge in [-0.15, -0.1) is 0 Å². The average Bonchev–Trinajstić information content (AvgIpc) is 0.811. The maximum atomic E-state index is 8.33. The van der Waals surface area contributed by atoms with Crippen LogP contribution in [0.3, 0.4) is 0 Å². The SMILES string of the molecule is O.O=C([O-])[O-].[Br-].[Co+3].[NH2-].[NH2-].[NH2-].[NH2-].[NH2-]. The Morgan fingerprint density at radius 2 is 0.833 bits per heavy atom. The van der Waals surface area contributed by atoms with E-state index >= 15 is 0 Å². The van der Waals surface area contributed by atoms with E-state index < -0.39 is 6.16 Å². The van der Waals surface area contributed by atoms with Gasteiger partial charge in [-0.25, -0.2) is 0 Å². The standard InChI is InChI=1S/CH2O3.BrH.Co.5H2N.H2O/c2-1(3)4;;;;;;;;/h(H2,2,3,4);1H;;6*1H2/q;;+3;5*-1;/p-3. The topological polar surface area (TPSA) is 262 Å². The Balaban J connectivity index is -0.00000000161. The molecule has 0 spiro atoms.